The van der Waals surface area contributed by atoms with E-state index in [1.54, 1.807) is 0 Å². The van der Waals surface area contributed by atoms with Crippen LogP contribution in [0.4, 0.5) is 0 Å². The summed E-state index contributed by atoms with van der Waals surface area (Å²) in [5, 5.41) is 3.36. The molecular formula is C14H26N2O. The Morgan fingerprint density at radius 1 is 1.00 bits per heavy atom. The first-order chi connectivity index (χ1) is 8.36. The number of likely N-dealkylation sites (tertiary alicyclic amines) is 1. The summed E-state index contributed by atoms with van der Waals surface area (Å²) in [5.74, 6) is 1.05. The van der Waals surface area contributed by atoms with Crippen LogP contribution in [0.1, 0.15) is 51.4 Å². The molecule has 0 saturated carbocycles. The van der Waals surface area contributed by atoms with Gasteiger partial charge in [-0.15, -0.1) is 0 Å². The zero-order valence-electron chi connectivity index (χ0n) is 10.9. The van der Waals surface area contributed by atoms with Crippen molar-refractivity contribution in [3.63, 3.8) is 0 Å². The monoisotopic (exact) mass is 238 g/mol. The summed E-state index contributed by atoms with van der Waals surface area (Å²) < 4.78 is 0. The number of amides is 1. The van der Waals surface area contributed by atoms with Crippen LogP contribution in [-0.2, 0) is 4.79 Å². The first-order valence-electron chi connectivity index (χ1n) is 7.35. The molecule has 2 aliphatic heterocycles. The van der Waals surface area contributed by atoms with Crippen LogP contribution in [-0.4, -0.2) is 37.0 Å². The van der Waals surface area contributed by atoms with Crippen molar-refractivity contribution in [2.45, 2.75) is 51.4 Å². The van der Waals surface area contributed by atoms with Gasteiger partial charge in [-0.2, -0.15) is 0 Å². The number of carbonyl (C=O) groups excluding carboxylic acids is 1. The van der Waals surface area contributed by atoms with Gasteiger partial charge in [0.1, 0.15) is 0 Å². The van der Waals surface area contributed by atoms with Crippen LogP contribution in [0.2, 0.25) is 0 Å². The quantitative estimate of drug-likeness (QED) is 0.799. The fraction of sp³-hybridized carbons (Fsp3) is 0.929. The Labute approximate surface area is 105 Å². The number of nitrogens with zero attached hydrogens (tertiary/aromatic N) is 1. The molecular weight excluding hydrogens is 212 g/mol. The Morgan fingerprint density at radius 2 is 1.59 bits per heavy atom. The maximum absolute atomic E-state index is 12.2. The van der Waals surface area contributed by atoms with Crippen molar-refractivity contribution in [3.05, 3.63) is 0 Å². The number of nitrogens with one attached hydrogen (secondary N) is 1. The van der Waals surface area contributed by atoms with Crippen molar-refractivity contribution in [3.8, 4) is 0 Å². The van der Waals surface area contributed by atoms with Gasteiger partial charge < -0.3 is 10.2 Å². The predicted molar refractivity (Wildman–Crippen MR) is 69.9 cm³/mol. The number of hydrogen-bond acceptors (Lipinski definition) is 2. The zero-order chi connectivity index (χ0) is 11.9. The minimum atomic E-state index is 0.416. The molecule has 0 aromatic rings. The molecule has 0 bridgehead atoms. The molecule has 17 heavy (non-hydrogen) atoms. The lowest BCUT2D eigenvalue weighted by molar-refractivity contribution is -0.132. The van der Waals surface area contributed by atoms with Gasteiger partial charge in [0, 0.05) is 19.5 Å². The summed E-state index contributed by atoms with van der Waals surface area (Å²) in [6, 6.07) is 0. The van der Waals surface area contributed by atoms with Gasteiger partial charge in [-0.25, -0.2) is 0 Å². The van der Waals surface area contributed by atoms with Gasteiger partial charge in [0.2, 0.25) is 5.91 Å². The van der Waals surface area contributed by atoms with E-state index in [-0.39, 0.29) is 0 Å². The molecule has 2 fully saturated rings. The Kier molecular flexibility index (Phi) is 5.30. The molecule has 3 nitrogen and oxygen atoms in total. The Balaban J connectivity index is 1.76. The van der Waals surface area contributed by atoms with Crippen molar-refractivity contribution in [1.29, 1.82) is 0 Å². The zero-order valence-corrected chi connectivity index (χ0v) is 10.9. The molecule has 0 aliphatic carbocycles. The van der Waals surface area contributed by atoms with Crippen LogP contribution in [0.3, 0.4) is 0 Å². The second kappa shape index (κ2) is 7.00. The van der Waals surface area contributed by atoms with Crippen LogP contribution < -0.4 is 5.32 Å². The standard InChI is InChI=1S/C14H26N2O/c17-14(12-13-6-8-15-9-7-13)16-10-4-2-1-3-5-11-16/h13,15H,1-12H2. The molecule has 1 amide bonds. The van der Waals surface area contributed by atoms with Crippen molar-refractivity contribution in [2.24, 2.45) is 5.92 Å². The lowest BCUT2D eigenvalue weighted by Crippen LogP contribution is -2.37. The third kappa shape index (κ3) is 4.30. The molecule has 2 saturated heterocycles. The predicted octanol–water partition coefficient (Wildman–Crippen LogP) is 2.17. The molecule has 2 heterocycles. The van der Waals surface area contributed by atoms with Gasteiger partial charge in [0.15, 0.2) is 0 Å². The molecule has 1 N–H and O–H groups in total. The van der Waals surface area contributed by atoms with E-state index in [9.17, 15) is 4.79 Å². The van der Waals surface area contributed by atoms with Crippen molar-refractivity contribution >= 4 is 5.91 Å². The van der Waals surface area contributed by atoms with Crippen LogP contribution in [0, 0.1) is 5.92 Å². The molecule has 0 spiro atoms. The molecule has 2 rings (SSSR count). The lowest BCUT2D eigenvalue weighted by atomic mass is 9.94. The third-order valence-corrected chi connectivity index (χ3v) is 4.13. The van der Waals surface area contributed by atoms with E-state index in [2.05, 4.69) is 10.2 Å². The van der Waals surface area contributed by atoms with E-state index >= 15 is 0 Å². The molecule has 0 aromatic carbocycles. The van der Waals surface area contributed by atoms with Gasteiger partial charge in [0.25, 0.3) is 0 Å². The summed E-state index contributed by atoms with van der Waals surface area (Å²) in [4.78, 5) is 14.4. The lowest BCUT2D eigenvalue weighted by Gasteiger charge is -2.28. The second-order valence-corrected chi connectivity index (χ2v) is 5.55. The van der Waals surface area contributed by atoms with E-state index in [0.29, 0.717) is 11.8 Å². The Bertz CT molecular complexity index is 228. The first-order valence-corrected chi connectivity index (χ1v) is 7.35. The van der Waals surface area contributed by atoms with E-state index in [1.165, 1.54) is 44.9 Å². The maximum Gasteiger partial charge on any atom is 0.222 e. The van der Waals surface area contributed by atoms with Crippen molar-refractivity contribution in [2.75, 3.05) is 26.2 Å². The van der Waals surface area contributed by atoms with Gasteiger partial charge >= 0.3 is 0 Å². The Morgan fingerprint density at radius 3 is 2.24 bits per heavy atom. The SMILES string of the molecule is O=C(CC1CCNCC1)N1CCCCCCC1. The Hall–Kier alpha value is -0.570. The molecule has 0 radical (unpaired) electrons. The van der Waals surface area contributed by atoms with Crippen molar-refractivity contribution in [1.82, 2.24) is 10.2 Å². The van der Waals surface area contributed by atoms with Crippen LogP contribution >= 0.6 is 0 Å². The van der Waals surface area contributed by atoms with E-state index in [4.69, 9.17) is 0 Å². The molecule has 0 unspecified atom stereocenters. The summed E-state index contributed by atoms with van der Waals surface area (Å²) in [6.45, 7) is 4.20. The highest BCUT2D eigenvalue weighted by Gasteiger charge is 2.21. The molecule has 98 valence electrons. The van der Waals surface area contributed by atoms with Crippen LogP contribution in [0.5, 0.6) is 0 Å². The largest absolute Gasteiger partial charge is 0.343 e. The molecule has 0 atom stereocenters. The second-order valence-electron chi connectivity index (χ2n) is 5.55. The van der Waals surface area contributed by atoms with E-state index < -0.39 is 0 Å². The third-order valence-electron chi connectivity index (χ3n) is 4.13. The van der Waals surface area contributed by atoms with Gasteiger partial charge in [-0.1, -0.05) is 19.3 Å². The van der Waals surface area contributed by atoms with Crippen molar-refractivity contribution < 1.29 is 4.79 Å². The summed E-state index contributed by atoms with van der Waals surface area (Å²) in [5.41, 5.74) is 0. The number of rotatable bonds is 2. The summed E-state index contributed by atoms with van der Waals surface area (Å²) >= 11 is 0. The molecule has 0 aromatic heterocycles. The number of piperidine rings is 1. The summed E-state index contributed by atoms with van der Waals surface area (Å²) in [6.07, 6.45) is 9.53. The molecule has 2 aliphatic rings. The topological polar surface area (TPSA) is 32.3 Å². The fourth-order valence-electron chi connectivity index (χ4n) is 2.96. The normalized spacial score (nSPS) is 24.1. The van der Waals surface area contributed by atoms with Gasteiger partial charge in [-0.3, -0.25) is 4.79 Å². The number of carbonyl (C=O) groups is 1. The number of hydrogen-bond donors (Lipinski definition) is 1. The van der Waals surface area contributed by atoms with Gasteiger partial charge in [-0.05, 0) is 44.7 Å². The average molecular weight is 238 g/mol. The summed E-state index contributed by atoms with van der Waals surface area (Å²) in [7, 11) is 0. The highest BCUT2D eigenvalue weighted by atomic mass is 16.2. The van der Waals surface area contributed by atoms with E-state index in [1.807, 2.05) is 0 Å². The maximum atomic E-state index is 12.2. The first kappa shape index (κ1) is 12.9. The smallest absolute Gasteiger partial charge is 0.222 e. The minimum Gasteiger partial charge on any atom is -0.343 e. The highest BCUT2D eigenvalue weighted by molar-refractivity contribution is 5.76. The van der Waals surface area contributed by atoms with Crippen LogP contribution in [0.25, 0.3) is 0 Å². The van der Waals surface area contributed by atoms with Gasteiger partial charge in [0.05, 0.1) is 0 Å². The van der Waals surface area contributed by atoms with Crippen LogP contribution in [0.15, 0.2) is 0 Å². The minimum absolute atomic E-state index is 0.416. The highest BCUT2D eigenvalue weighted by Crippen LogP contribution is 2.18. The average Bonchev–Trinajstić information content (AvgIpc) is 2.29. The molecule has 3 heteroatoms. The van der Waals surface area contributed by atoms with E-state index in [0.717, 1.165) is 32.6 Å². The fourth-order valence-corrected chi connectivity index (χ4v) is 2.96.